The summed E-state index contributed by atoms with van der Waals surface area (Å²) in [5.41, 5.74) is -0.996. The van der Waals surface area contributed by atoms with Gasteiger partial charge in [-0.25, -0.2) is 0 Å². The Kier molecular flexibility index (Phi) is 5.79. The maximum Gasteiger partial charge on any atom is 0.171 e. The molecule has 0 spiro atoms. The Hall–Kier alpha value is -0.410. The van der Waals surface area contributed by atoms with Crippen molar-refractivity contribution in [3.63, 3.8) is 0 Å². The Balaban J connectivity index is 2.76. The number of rotatable bonds is 7. The second kappa shape index (κ2) is 6.57. The van der Waals surface area contributed by atoms with Crippen molar-refractivity contribution in [3.8, 4) is 0 Å². The average Bonchev–Trinajstić information content (AvgIpc) is 2.51. The van der Waals surface area contributed by atoms with Crippen LogP contribution in [-0.2, 0) is 9.53 Å². The summed E-state index contributed by atoms with van der Waals surface area (Å²) < 4.78 is 5.99. The molecule has 1 saturated heterocycles. The molecule has 0 N–H and O–H groups in total. The second-order valence-electron chi connectivity index (χ2n) is 7.17. The predicted octanol–water partition coefficient (Wildman–Crippen LogP) is 3.52. The van der Waals surface area contributed by atoms with E-state index in [1.54, 1.807) is 0 Å². The zero-order valence-electron chi connectivity index (χ0n) is 14.5. The van der Waals surface area contributed by atoms with Gasteiger partial charge in [0.1, 0.15) is 5.60 Å². The molecule has 0 aromatic rings. The Labute approximate surface area is 125 Å². The van der Waals surface area contributed by atoms with Crippen LogP contribution >= 0.6 is 0 Å². The molecule has 1 aliphatic heterocycles. The van der Waals surface area contributed by atoms with Crippen LogP contribution in [0, 0.1) is 11.8 Å². The van der Waals surface area contributed by atoms with Gasteiger partial charge in [-0.3, -0.25) is 4.79 Å². The number of hydrogen-bond donors (Lipinski definition) is 0. The highest BCUT2D eigenvalue weighted by Crippen LogP contribution is 2.39. The molecule has 1 aliphatic rings. The highest BCUT2D eigenvalue weighted by atomic mass is 16.5. The molecule has 0 radical (unpaired) electrons. The molecule has 1 unspecified atom stereocenters. The normalized spacial score (nSPS) is 24.9. The first kappa shape index (κ1) is 17.6. The highest BCUT2D eigenvalue weighted by Gasteiger charge is 2.53. The van der Waals surface area contributed by atoms with Crippen LogP contribution in [0.15, 0.2) is 0 Å². The first-order chi connectivity index (χ1) is 9.17. The minimum Gasteiger partial charge on any atom is -0.361 e. The van der Waals surface area contributed by atoms with Gasteiger partial charge in [-0.15, -0.1) is 0 Å². The van der Waals surface area contributed by atoms with Gasteiger partial charge in [0.25, 0.3) is 0 Å². The van der Waals surface area contributed by atoms with Gasteiger partial charge in [0.2, 0.25) is 0 Å². The first-order valence-corrected chi connectivity index (χ1v) is 8.14. The van der Waals surface area contributed by atoms with Gasteiger partial charge in [0.05, 0.1) is 11.5 Å². The van der Waals surface area contributed by atoms with Crippen molar-refractivity contribution in [2.24, 2.45) is 11.8 Å². The maximum atomic E-state index is 12.6. The Bertz CT molecular complexity index is 332. The molecule has 20 heavy (non-hydrogen) atoms. The van der Waals surface area contributed by atoms with Gasteiger partial charge in [-0.05, 0) is 40.2 Å². The van der Waals surface area contributed by atoms with Crippen molar-refractivity contribution >= 4 is 5.78 Å². The van der Waals surface area contributed by atoms with Crippen LogP contribution in [0.4, 0.5) is 0 Å². The molecule has 1 rings (SSSR count). The number of nitrogens with zero attached hydrogens (tertiary/aromatic N) is 1. The number of ether oxygens (including phenoxy) is 1. The number of ketones is 1. The molecule has 1 heterocycles. The summed E-state index contributed by atoms with van der Waals surface area (Å²) in [6.07, 6.45) is 2.41. The monoisotopic (exact) mass is 283 g/mol. The Morgan fingerprint density at radius 3 is 2.05 bits per heavy atom. The summed E-state index contributed by atoms with van der Waals surface area (Å²) in [6.45, 7) is 17.5. The smallest absolute Gasteiger partial charge is 0.171 e. The van der Waals surface area contributed by atoms with E-state index in [0.717, 1.165) is 25.6 Å². The fraction of sp³-hybridized carbons (Fsp3) is 0.941. The summed E-state index contributed by atoms with van der Waals surface area (Å²) in [5.74, 6) is 0.959. The van der Waals surface area contributed by atoms with Crippen LogP contribution in [0.25, 0.3) is 0 Å². The SMILES string of the molecule is CCC(CC)CN(CC)CC1C(=O)C(C)(C)OC1(C)C. The fourth-order valence-corrected chi connectivity index (χ4v) is 3.32. The van der Waals surface area contributed by atoms with Crippen molar-refractivity contribution in [1.29, 1.82) is 0 Å². The molecule has 0 bridgehead atoms. The van der Waals surface area contributed by atoms with Crippen LogP contribution in [0.5, 0.6) is 0 Å². The Morgan fingerprint density at radius 2 is 1.70 bits per heavy atom. The summed E-state index contributed by atoms with van der Waals surface area (Å²) in [4.78, 5) is 15.0. The van der Waals surface area contributed by atoms with Crippen LogP contribution in [0.2, 0.25) is 0 Å². The van der Waals surface area contributed by atoms with Crippen molar-refractivity contribution in [2.75, 3.05) is 19.6 Å². The molecule has 0 amide bonds. The lowest BCUT2D eigenvalue weighted by Crippen LogP contribution is -2.42. The van der Waals surface area contributed by atoms with Crippen LogP contribution in [-0.4, -0.2) is 41.5 Å². The number of carbonyl (C=O) groups excluding carboxylic acids is 1. The van der Waals surface area contributed by atoms with E-state index < -0.39 is 5.60 Å². The van der Waals surface area contributed by atoms with E-state index in [4.69, 9.17) is 4.74 Å². The molecule has 1 fully saturated rings. The van der Waals surface area contributed by atoms with Gasteiger partial charge in [0, 0.05) is 13.1 Å². The highest BCUT2D eigenvalue weighted by molar-refractivity contribution is 5.91. The van der Waals surface area contributed by atoms with E-state index in [1.165, 1.54) is 12.8 Å². The fourth-order valence-electron chi connectivity index (χ4n) is 3.32. The van der Waals surface area contributed by atoms with E-state index in [-0.39, 0.29) is 17.3 Å². The lowest BCUT2D eigenvalue weighted by Gasteiger charge is -2.32. The van der Waals surface area contributed by atoms with Crippen molar-refractivity contribution in [3.05, 3.63) is 0 Å². The topological polar surface area (TPSA) is 29.5 Å². The van der Waals surface area contributed by atoms with Crippen LogP contribution in [0.1, 0.15) is 61.3 Å². The van der Waals surface area contributed by atoms with Crippen LogP contribution in [0.3, 0.4) is 0 Å². The minimum absolute atomic E-state index is 0.0215. The summed E-state index contributed by atoms with van der Waals surface area (Å²) in [7, 11) is 0. The molecular formula is C17H33NO2. The third-order valence-corrected chi connectivity index (χ3v) is 4.83. The van der Waals surface area contributed by atoms with Crippen LogP contribution < -0.4 is 0 Å². The molecule has 118 valence electrons. The molecule has 0 aromatic heterocycles. The third-order valence-electron chi connectivity index (χ3n) is 4.83. The summed E-state index contributed by atoms with van der Waals surface area (Å²) >= 11 is 0. The zero-order valence-corrected chi connectivity index (χ0v) is 14.5. The number of Topliss-reactive ketones (excluding diaryl/α,β-unsaturated/α-hetero) is 1. The quantitative estimate of drug-likeness (QED) is 0.716. The van der Waals surface area contributed by atoms with E-state index in [1.807, 2.05) is 13.8 Å². The molecule has 0 saturated carbocycles. The molecule has 3 nitrogen and oxygen atoms in total. The van der Waals surface area contributed by atoms with E-state index in [9.17, 15) is 4.79 Å². The molecular weight excluding hydrogens is 250 g/mol. The standard InChI is InChI=1S/C17H33NO2/c1-8-13(9-2)11-18(10-3)12-14-15(19)17(6,7)20-16(14,4)5/h13-14H,8-12H2,1-7H3. The molecule has 3 heteroatoms. The van der Waals surface area contributed by atoms with Crippen molar-refractivity contribution in [1.82, 2.24) is 4.90 Å². The maximum absolute atomic E-state index is 12.6. The largest absolute Gasteiger partial charge is 0.361 e. The summed E-state index contributed by atoms with van der Waals surface area (Å²) in [6, 6.07) is 0. The van der Waals surface area contributed by atoms with Gasteiger partial charge in [-0.1, -0.05) is 33.6 Å². The van der Waals surface area contributed by atoms with Gasteiger partial charge in [0.15, 0.2) is 5.78 Å². The van der Waals surface area contributed by atoms with E-state index >= 15 is 0 Å². The lowest BCUT2D eigenvalue weighted by molar-refractivity contribution is -0.132. The number of carbonyl (C=O) groups is 1. The minimum atomic E-state index is -0.636. The van der Waals surface area contributed by atoms with Crippen molar-refractivity contribution < 1.29 is 9.53 Å². The van der Waals surface area contributed by atoms with E-state index in [0.29, 0.717) is 0 Å². The van der Waals surface area contributed by atoms with Gasteiger partial charge < -0.3 is 9.64 Å². The van der Waals surface area contributed by atoms with Crippen molar-refractivity contribution in [2.45, 2.75) is 72.5 Å². The zero-order chi connectivity index (χ0) is 15.6. The predicted molar refractivity (Wildman–Crippen MR) is 83.9 cm³/mol. The second-order valence-corrected chi connectivity index (χ2v) is 7.17. The lowest BCUT2D eigenvalue weighted by atomic mass is 9.85. The van der Waals surface area contributed by atoms with E-state index in [2.05, 4.69) is 39.5 Å². The van der Waals surface area contributed by atoms with Gasteiger partial charge in [-0.2, -0.15) is 0 Å². The average molecular weight is 283 g/mol. The molecule has 1 atom stereocenters. The van der Waals surface area contributed by atoms with Gasteiger partial charge >= 0.3 is 0 Å². The summed E-state index contributed by atoms with van der Waals surface area (Å²) in [5, 5.41) is 0. The molecule has 0 aromatic carbocycles. The first-order valence-electron chi connectivity index (χ1n) is 8.14. The number of hydrogen-bond acceptors (Lipinski definition) is 3. The Morgan fingerprint density at radius 1 is 1.15 bits per heavy atom. The third kappa shape index (κ3) is 3.82. The molecule has 0 aliphatic carbocycles.